The Labute approximate surface area is 123 Å². The number of hydrogen-bond donors (Lipinski definition) is 0. The molecule has 0 unspecified atom stereocenters. The van der Waals surface area contributed by atoms with E-state index in [1.807, 2.05) is 64.1 Å². The number of rotatable bonds is 1. The van der Waals surface area contributed by atoms with Crippen molar-refractivity contribution in [3.8, 4) is 0 Å². The average Bonchev–Trinajstić information content (AvgIpc) is 2.54. The van der Waals surface area contributed by atoms with E-state index in [-0.39, 0.29) is 0 Å². The van der Waals surface area contributed by atoms with Crippen LogP contribution in [0.5, 0.6) is 0 Å². The van der Waals surface area contributed by atoms with E-state index in [9.17, 15) is 0 Å². The van der Waals surface area contributed by atoms with Gasteiger partial charge in [-0.05, 0) is 43.4 Å². The minimum absolute atomic E-state index is 0.955. The van der Waals surface area contributed by atoms with E-state index in [0.29, 0.717) is 0 Å². The van der Waals surface area contributed by atoms with Gasteiger partial charge >= 0.3 is 0 Å². The Morgan fingerprint density at radius 2 is 1.15 bits per heavy atom. The molecule has 0 saturated carbocycles. The van der Waals surface area contributed by atoms with E-state index in [4.69, 9.17) is 0 Å². The third-order valence-corrected chi connectivity index (χ3v) is 2.40. The molecule has 1 aliphatic carbocycles. The van der Waals surface area contributed by atoms with E-state index < -0.39 is 0 Å². The maximum atomic E-state index is 4.52. The highest BCUT2D eigenvalue weighted by molar-refractivity contribution is 6.18. The van der Waals surface area contributed by atoms with E-state index in [2.05, 4.69) is 29.0 Å². The molecule has 2 rings (SSSR count). The third kappa shape index (κ3) is 6.28. The van der Waals surface area contributed by atoms with Crippen molar-refractivity contribution in [3.63, 3.8) is 0 Å². The molecule has 0 saturated heterocycles. The van der Waals surface area contributed by atoms with Crippen LogP contribution in [0.25, 0.3) is 0 Å². The average molecular weight is 270 g/mol. The summed E-state index contributed by atoms with van der Waals surface area (Å²) in [5.74, 6) is 0. The Balaban J connectivity index is 0.000000829. The zero-order valence-electron chi connectivity index (χ0n) is 13.5. The van der Waals surface area contributed by atoms with Gasteiger partial charge in [-0.1, -0.05) is 45.4 Å². The number of nitrogens with zero attached hydrogens (tertiary/aromatic N) is 2. The largest absolute Gasteiger partial charge is 0.289 e. The summed E-state index contributed by atoms with van der Waals surface area (Å²) in [4.78, 5) is 8.60. The standard InChI is InChI=1S/C14H14N2.2C2H6/c1-11-3-5-13(6-4-11)16-14-9-7-12(15-2)8-10-14;2*1-2/h3-10H,1-2H3;2*1-2H3. The van der Waals surface area contributed by atoms with Gasteiger partial charge in [-0.25, -0.2) is 4.99 Å². The minimum atomic E-state index is 0.955. The summed E-state index contributed by atoms with van der Waals surface area (Å²) in [6, 6.07) is 8.17. The lowest BCUT2D eigenvalue weighted by Gasteiger charge is -2.01. The molecule has 0 aromatic heterocycles. The van der Waals surface area contributed by atoms with Gasteiger partial charge in [0.2, 0.25) is 0 Å². The Hall–Kier alpha value is -1.96. The molecule has 1 aromatic carbocycles. The Morgan fingerprint density at radius 3 is 1.60 bits per heavy atom. The third-order valence-electron chi connectivity index (χ3n) is 2.40. The van der Waals surface area contributed by atoms with Crippen LogP contribution in [-0.4, -0.2) is 18.5 Å². The van der Waals surface area contributed by atoms with Crippen molar-refractivity contribution in [2.45, 2.75) is 34.6 Å². The topological polar surface area (TPSA) is 24.7 Å². The number of hydrogen-bond acceptors (Lipinski definition) is 2. The maximum absolute atomic E-state index is 4.52. The SMILES string of the molecule is CC.CC.CN=C1C=CC(=Nc2ccc(C)cc2)C=C1. The summed E-state index contributed by atoms with van der Waals surface area (Å²) in [5, 5.41) is 0. The van der Waals surface area contributed by atoms with Crippen LogP contribution >= 0.6 is 0 Å². The minimum Gasteiger partial charge on any atom is -0.289 e. The summed E-state index contributed by atoms with van der Waals surface area (Å²) in [5.41, 5.74) is 4.16. The van der Waals surface area contributed by atoms with Gasteiger partial charge in [0.15, 0.2) is 0 Å². The van der Waals surface area contributed by atoms with Crippen LogP contribution in [-0.2, 0) is 0 Å². The molecule has 0 spiro atoms. The molecule has 0 amide bonds. The zero-order valence-corrected chi connectivity index (χ0v) is 13.5. The van der Waals surface area contributed by atoms with Gasteiger partial charge in [0.05, 0.1) is 17.1 Å². The fourth-order valence-corrected chi connectivity index (χ4v) is 1.44. The van der Waals surface area contributed by atoms with E-state index in [1.54, 1.807) is 7.05 Å². The molecule has 108 valence electrons. The Kier molecular flexibility index (Phi) is 9.85. The first-order valence-electron chi connectivity index (χ1n) is 7.26. The highest BCUT2D eigenvalue weighted by atomic mass is 14.7. The lowest BCUT2D eigenvalue weighted by molar-refractivity contribution is 1.43. The highest BCUT2D eigenvalue weighted by Gasteiger charge is 1.98. The summed E-state index contributed by atoms with van der Waals surface area (Å²) in [7, 11) is 1.78. The second kappa shape index (κ2) is 10.9. The van der Waals surface area contributed by atoms with Crippen LogP contribution < -0.4 is 0 Å². The van der Waals surface area contributed by atoms with Crippen molar-refractivity contribution in [1.82, 2.24) is 0 Å². The summed E-state index contributed by atoms with van der Waals surface area (Å²) in [6.07, 6.45) is 7.88. The van der Waals surface area contributed by atoms with Crippen LogP contribution in [0.4, 0.5) is 5.69 Å². The fourth-order valence-electron chi connectivity index (χ4n) is 1.44. The predicted octanol–water partition coefficient (Wildman–Crippen LogP) is 5.32. The quantitative estimate of drug-likeness (QED) is 0.617. The smallest absolute Gasteiger partial charge is 0.0638 e. The van der Waals surface area contributed by atoms with E-state index >= 15 is 0 Å². The summed E-state index contributed by atoms with van der Waals surface area (Å²) in [6.45, 7) is 10.1. The summed E-state index contributed by atoms with van der Waals surface area (Å²) >= 11 is 0. The van der Waals surface area contributed by atoms with Crippen LogP contribution in [0.15, 0.2) is 58.6 Å². The lowest BCUT2D eigenvalue weighted by atomic mass is 10.1. The maximum Gasteiger partial charge on any atom is 0.0638 e. The molecule has 2 nitrogen and oxygen atoms in total. The summed E-state index contributed by atoms with van der Waals surface area (Å²) < 4.78 is 0. The first kappa shape index (κ1) is 18.0. The van der Waals surface area contributed by atoms with Crippen LogP contribution in [0.1, 0.15) is 33.3 Å². The number of allylic oxidation sites excluding steroid dienone is 4. The molecule has 0 aliphatic heterocycles. The molecule has 0 heterocycles. The van der Waals surface area contributed by atoms with Crippen molar-refractivity contribution < 1.29 is 0 Å². The van der Waals surface area contributed by atoms with Gasteiger partial charge in [0.1, 0.15) is 0 Å². The second-order valence-corrected chi connectivity index (χ2v) is 3.69. The highest BCUT2D eigenvalue weighted by Crippen LogP contribution is 2.14. The van der Waals surface area contributed by atoms with E-state index in [1.165, 1.54) is 5.56 Å². The fraction of sp³-hybridized carbons (Fsp3) is 0.333. The van der Waals surface area contributed by atoms with Crippen molar-refractivity contribution in [2.75, 3.05) is 7.05 Å². The van der Waals surface area contributed by atoms with Gasteiger partial charge in [-0.2, -0.15) is 0 Å². The van der Waals surface area contributed by atoms with Crippen molar-refractivity contribution >= 4 is 17.1 Å². The molecule has 1 aromatic rings. The molecule has 1 aliphatic rings. The number of aryl methyl sites for hydroxylation is 1. The van der Waals surface area contributed by atoms with Crippen molar-refractivity contribution in [2.24, 2.45) is 9.98 Å². The molecule has 2 heteroatoms. The molecule has 0 bridgehead atoms. The molecular weight excluding hydrogens is 244 g/mol. The first-order valence-corrected chi connectivity index (χ1v) is 7.26. The normalized spacial score (nSPS) is 11.9. The van der Waals surface area contributed by atoms with E-state index in [0.717, 1.165) is 17.1 Å². The van der Waals surface area contributed by atoms with Gasteiger partial charge in [-0.15, -0.1) is 0 Å². The Morgan fingerprint density at radius 1 is 0.700 bits per heavy atom. The lowest BCUT2D eigenvalue weighted by Crippen LogP contribution is -1.99. The predicted molar refractivity (Wildman–Crippen MR) is 92.6 cm³/mol. The van der Waals surface area contributed by atoms with Gasteiger partial charge in [0.25, 0.3) is 0 Å². The van der Waals surface area contributed by atoms with Crippen molar-refractivity contribution in [1.29, 1.82) is 0 Å². The molecule has 0 N–H and O–H groups in total. The van der Waals surface area contributed by atoms with Crippen molar-refractivity contribution in [3.05, 3.63) is 54.1 Å². The first-order chi connectivity index (χ1) is 9.78. The van der Waals surface area contributed by atoms with Crippen LogP contribution in [0.3, 0.4) is 0 Å². The van der Waals surface area contributed by atoms with Crippen LogP contribution in [0.2, 0.25) is 0 Å². The van der Waals surface area contributed by atoms with Crippen LogP contribution in [0, 0.1) is 6.92 Å². The molecule has 0 atom stereocenters. The molecule has 0 radical (unpaired) electrons. The number of benzene rings is 1. The molecular formula is C18H26N2. The van der Waals surface area contributed by atoms with Gasteiger partial charge < -0.3 is 0 Å². The monoisotopic (exact) mass is 270 g/mol. The molecule has 0 fully saturated rings. The number of aliphatic imine (C=N–C) groups is 2. The second-order valence-electron chi connectivity index (χ2n) is 3.69. The zero-order chi connectivity index (χ0) is 15.4. The molecule has 20 heavy (non-hydrogen) atoms. The van der Waals surface area contributed by atoms with Gasteiger partial charge in [0, 0.05) is 7.05 Å². The Bertz CT molecular complexity index is 471. The van der Waals surface area contributed by atoms with Gasteiger partial charge in [-0.3, -0.25) is 4.99 Å².